The number of likely N-dealkylation sites (tertiary alicyclic amines) is 1. The van der Waals surface area contributed by atoms with Gasteiger partial charge in [0.2, 0.25) is 11.8 Å². The van der Waals surface area contributed by atoms with Crippen LogP contribution in [0.15, 0.2) is 48.5 Å². The van der Waals surface area contributed by atoms with Gasteiger partial charge in [-0.3, -0.25) is 9.59 Å². The van der Waals surface area contributed by atoms with Gasteiger partial charge in [0.1, 0.15) is 13.2 Å². The van der Waals surface area contributed by atoms with Crippen LogP contribution in [0.4, 0.5) is 5.69 Å². The Hall–Kier alpha value is -3.02. The Morgan fingerprint density at radius 1 is 1.11 bits per heavy atom. The summed E-state index contributed by atoms with van der Waals surface area (Å²) < 4.78 is 11.0. The van der Waals surface area contributed by atoms with E-state index < -0.39 is 0 Å². The lowest BCUT2D eigenvalue weighted by Gasteiger charge is -2.25. The monoisotopic (exact) mass is 366 g/mol. The number of carbonyl (C=O) groups excluding carboxylic acids is 2. The molecule has 140 valence electrons. The lowest BCUT2D eigenvalue weighted by atomic mass is 10.1. The van der Waals surface area contributed by atoms with Crippen molar-refractivity contribution in [2.75, 3.05) is 25.1 Å². The molecule has 2 aromatic carbocycles. The quantitative estimate of drug-likeness (QED) is 0.903. The maximum atomic E-state index is 12.7. The summed E-state index contributed by atoms with van der Waals surface area (Å²) in [5, 5.41) is 2.90. The molecule has 1 fully saturated rings. The van der Waals surface area contributed by atoms with E-state index in [1.165, 1.54) is 0 Å². The summed E-state index contributed by atoms with van der Waals surface area (Å²) >= 11 is 0. The first-order chi connectivity index (χ1) is 13.1. The van der Waals surface area contributed by atoms with Crippen LogP contribution in [0.25, 0.3) is 0 Å². The van der Waals surface area contributed by atoms with Gasteiger partial charge in [-0.2, -0.15) is 0 Å². The highest BCUT2D eigenvalue weighted by atomic mass is 16.6. The number of anilines is 1. The Balaban J connectivity index is 1.42. The summed E-state index contributed by atoms with van der Waals surface area (Å²) in [6, 6.07) is 15.1. The second-order valence-corrected chi connectivity index (χ2v) is 6.88. The molecule has 6 heteroatoms. The second-order valence-electron chi connectivity index (χ2n) is 6.88. The zero-order chi connectivity index (χ0) is 18.8. The molecule has 2 amide bonds. The number of carbonyl (C=O) groups is 2. The highest BCUT2D eigenvalue weighted by molar-refractivity contribution is 5.97. The third-order valence-electron chi connectivity index (χ3n) is 5.09. The van der Waals surface area contributed by atoms with Crippen LogP contribution in [0.3, 0.4) is 0 Å². The first kappa shape index (κ1) is 17.4. The van der Waals surface area contributed by atoms with Gasteiger partial charge in [-0.25, -0.2) is 0 Å². The molecule has 0 radical (unpaired) electrons. The second kappa shape index (κ2) is 7.31. The van der Waals surface area contributed by atoms with Crippen LogP contribution in [0.2, 0.25) is 0 Å². The molecule has 2 aromatic rings. The van der Waals surface area contributed by atoms with E-state index >= 15 is 0 Å². The van der Waals surface area contributed by atoms with Crippen LogP contribution in [-0.2, 0) is 9.59 Å². The van der Waals surface area contributed by atoms with Crippen molar-refractivity contribution in [2.24, 2.45) is 5.92 Å². The van der Waals surface area contributed by atoms with Gasteiger partial charge in [0.15, 0.2) is 11.5 Å². The van der Waals surface area contributed by atoms with Crippen LogP contribution in [0.5, 0.6) is 11.5 Å². The van der Waals surface area contributed by atoms with Crippen molar-refractivity contribution in [3.63, 3.8) is 0 Å². The molecule has 0 unspecified atom stereocenters. The van der Waals surface area contributed by atoms with Crippen molar-refractivity contribution >= 4 is 17.5 Å². The topological polar surface area (TPSA) is 67.9 Å². The van der Waals surface area contributed by atoms with E-state index in [1.54, 1.807) is 23.1 Å². The van der Waals surface area contributed by atoms with E-state index in [9.17, 15) is 9.59 Å². The molecule has 0 aliphatic carbocycles. The van der Waals surface area contributed by atoms with E-state index in [1.807, 2.05) is 37.3 Å². The molecule has 2 aliphatic heterocycles. The summed E-state index contributed by atoms with van der Waals surface area (Å²) in [5.41, 5.74) is 1.71. The predicted molar refractivity (Wildman–Crippen MR) is 101 cm³/mol. The number of rotatable bonds is 4. The molecule has 27 heavy (non-hydrogen) atoms. The number of benzene rings is 2. The third kappa shape index (κ3) is 3.60. The van der Waals surface area contributed by atoms with Crippen molar-refractivity contribution in [3.05, 3.63) is 54.1 Å². The minimum atomic E-state index is -0.364. The molecular weight excluding hydrogens is 344 g/mol. The summed E-state index contributed by atoms with van der Waals surface area (Å²) in [7, 11) is 0. The maximum absolute atomic E-state index is 12.7. The smallest absolute Gasteiger partial charge is 0.229 e. The van der Waals surface area contributed by atoms with Crippen LogP contribution >= 0.6 is 0 Å². The predicted octanol–water partition coefficient (Wildman–Crippen LogP) is 3.01. The number of amides is 2. The van der Waals surface area contributed by atoms with Crippen molar-refractivity contribution in [1.82, 2.24) is 4.90 Å². The Bertz CT molecular complexity index is 853. The summed E-state index contributed by atoms with van der Waals surface area (Å²) in [6.45, 7) is 3.44. The summed E-state index contributed by atoms with van der Waals surface area (Å²) in [4.78, 5) is 26.9. The number of hydrogen-bond acceptors (Lipinski definition) is 4. The number of fused-ring (bicyclic) bond motifs is 1. The van der Waals surface area contributed by atoms with Gasteiger partial charge in [-0.15, -0.1) is 0 Å². The lowest BCUT2D eigenvalue weighted by Crippen LogP contribution is -2.30. The largest absolute Gasteiger partial charge is 0.486 e. The van der Waals surface area contributed by atoms with Gasteiger partial charge in [-0.05, 0) is 24.6 Å². The molecular formula is C21H22N2O4. The number of ether oxygens (including phenoxy) is 2. The molecule has 6 nitrogen and oxygen atoms in total. The third-order valence-corrected chi connectivity index (χ3v) is 5.09. The normalized spacial score (nSPS) is 19.7. The van der Waals surface area contributed by atoms with E-state index in [2.05, 4.69) is 5.32 Å². The average molecular weight is 366 g/mol. The maximum Gasteiger partial charge on any atom is 0.229 e. The van der Waals surface area contributed by atoms with Crippen LogP contribution in [0.1, 0.15) is 24.9 Å². The van der Waals surface area contributed by atoms with Crippen LogP contribution in [0, 0.1) is 5.92 Å². The molecule has 0 aromatic heterocycles. The van der Waals surface area contributed by atoms with E-state index in [0.29, 0.717) is 36.9 Å². The first-order valence-corrected chi connectivity index (χ1v) is 9.17. The number of hydrogen-bond donors (Lipinski definition) is 1. The van der Waals surface area contributed by atoms with E-state index in [4.69, 9.17) is 9.47 Å². The first-order valence-electron chi connectivity index (χ1n) is 9.17. The highest BCUT2D eigenvalue weighted by Crippen LogP contribution is 2.33. The molecule has 2 heterocycles. The SMILES string of the molecule is C[C@@H](c1ccccc1)N1C[C@H](C(=O)Nc2ccc3c(c2)OCCO3)CC1=O. The van der Waals surface area contributed by atoms with Gasteiger partial charge in [0.05, 0.1) is 12.0 Å². The molecule has 4 rings (SSSR count). The van der Waals surface area contributed by atoms with Crippen molar-refractivity contribution in [1.29, 1.82) is 0 Å². The van der Waals surface area contributed by atoms with Gasteiger partial charge in [-0.1, -0.05) is 30.3 Å². The van der Waals surface area contributed by atoms with Gasteiger partial charge >= 0.3 is 0 Å². The number of nitrogens with one attached hydrogen (secondary N) is 1. The minimum Gasteiger partial charge on any atom is -0.486 e. The van der Waals surface area contributed by atoms with E-state index in [0.717, 1.165) is 5.56 Å². The van der Waals surface area contributed by atoms with Crippen LogP contribution in [-0.4, -0.2) is 36.5 Å². The Morgan fingerprint density at radius 3 is 2.63 bits per heavy atom. The van der Waals surface area contributed by atoms with E-state index in [-0.39, 0.29) is 30.2 Å². The molecule has 2 aliphatic rings. The molecule has 1 N–H and O–H groups in total. The molecule has 0 saturated carbocycles. The zero-order valence-corrected chi connectivity index (χ0v) is 15.2. The summed E-state index contributed by atoms with van der Waals surface area (Å²) in [6.07, 6.45) is 0.230. The van der Waals surface area contributed by atoms with Gasteiger partial charge in [0, 0.05) is 24.7 Å². The summed E-state index contributed by atoms with van der Waals surface area (Å²) in [5.74, 6) is 0.798. The zero-order valence-electron chi connectivity index (χ0n) is 15.2. The fourth-order valence-corrected chi connectivity index (χ4v) is 3.56. The highest BCUT2D eigenvalue weighted by Gasteiger charge is 2.37. The Labute approximate surface area is 158 Å². The van der Waals surface area contributed by atoms with Crippen molar-refractivity contribution < 1.29 is 19.1 Å². The Morgan fingerprint density at radius 2 is 1.85 bits per heavy atom. The van der Waals surface area contributed by atoms with Gasteiger partial charge < -0.3 is 19.7 Å². The van der Waals surface area contributed by atoms with Crippen molar-refractivity contribution in [2.45, 2.75) is 19.4 Å². The molecule has 0 bridgehead atoms. The minimum absolute atomic E-state index is 0.00803. The fraction of sp³-hybridized carbons (Fsp3) is 0.333. The van der Waals surface area contributed by atoms with Crippen molar-refractivity contribution in [3.8, 4) is 11.5 Å². The molecule has 0 spiro atoms. The molecule has 1 saturated heterocycles. The van der Waals surface area contributed by atoms with Crippen LogP contribution < -0.4 is 14.8 Å². The standard InChI is InChI=1S/C21H22N2O4/c1-14(15-5-3-2-4-6-15)23-13-16(11-20(23)24)21(25)22-17-7-8-18-19(12-17)27-10-9-26-18/h2-8,12,14,16H,9-11,13H2,1H3,(H,22,25)/t14-,16+/m0/s1. The lowest BCUT2D eigenvalue weighted by molar-refractivity contribution is -0.129. The molecule has 2 atom stereocenters. The Kier molecular flexibility index (Phi) is 4.71. The fourth-order valence-electron chi connectivity index (χ4n) is 3.56. The van der Waals surface area contributed by atoms with Gasteiger partial charge in [0.25, 0.3) is 0 Å². The number of nitrogens with zero attached hydrogens (tertiary/aromatic N) is 1. The average Bonchev–Trinajstić information content (AvgIpc) is 3.10.